The van der Waals surface area contributed by atoms with Crippen molar-refractivity contribution in [2.45, 2.75) is 38.6 Å². The van der Waals surface area contributed by atoms with E-state index in [1.807, 2.05) is 6.07 Å². The zero-order chi connectivity index (χ0) is 19.3. The van der Waals surface area contributed by atoms with E-state index in [2.05, 4.69) is 37.7 Å². The molecule has 0 aliphatic carbocycles. The maximum Gasteiger partial charge on any atom is 0.261 e. The van der Waals surface area contributed by atoms with Crippen LogP contribution in [0.25, 0.3) is 0 Å². The highest BCUT2D eigenvalue weighted by Gasteiger charge is 2.22. The summed E-state index contributed by atoms with van der Waals surface area (Å²) in [4.78, 5) is 12.6. The van der Waals surface area contributed by atoms with E-state index in [9.17, 15) is 13.2 Å². The molecule has 5 nitrogen and oxygen atoms in total. The molecule has 140 valence electrons. The maximum atomic E-state index is 12.6. The van der Waals surface area contributed by atoms with Crippen LogP contribution in [0, 0.1) is 11.8 Å². The number of sulfonamides is 1. The number of hydrogen-bond acceptors (Lipinski definition) is 3. The summed E-state index contributed by atoms with van der Waals surface area (Å²) in [5.74, 6) is 0.297. The van der Waals surface area contributed by atoms with Crippen molar-refractivity contribution in [2.24, 2.45) is 11.8 Å². The Kier molecular flexibility index (Phi) is 6.42. The highest BCUT2D eigenvalue weighted by atomic mass is 32.2. The van der Waals surface area contributed by atoms with Gasteiger partial charge in [-0.3, -0.25) is 9.52 Å². The van der Waals surface area contributed by atoms with Gasteiger partial charge in [0.1, 0.15) is 0 Å². The van der Waals surface area contributed by atoms with Gasteiger partial charge in [0.2, 0.25) is 0 Å². The van der Waals surface area contributed by atoms with E-state index >= 15 is 0 Å². The van der Waals surface area contributed by atoms with Crippen molar-refractivity contribution in [2.75, 3.05) is 4.72 Å². The fourth-order valence-electron chi connectivity index (χ4n) is 2.86. The SMILES string of the molecule is CC(C)C(NC(=O)c1cccc(S(=O)(=O)Nc2ccccc2)c1)C(C)C. The van der Waals surface area contributed by atoms with Gasteiger partial charge in [-0.1, -0.05) is 52.0 Å². The summed E-state index contributed by atoms with van der Waals surface area (Å²) >= 11 is 0. The second-order valence-corrected chi connectivity index (χ2v) is 8.67. The molecule has 0 aromatic heterocycles. The average molecular weight is 375 g/mol. The molecule has 2 rings (SSSR count). The predicted octanol–water partition coefficient (Wildman–Crippen LogP) is 3.90. The number of amides is 1. The lowest BCUT2D eigenvalue weighted by Gasteiger charge is -2.26. The number of para-hydroxylation sites is 1. The van der Waals surface area contributed by atoms with Crippen molar-refractivity contribution in [3.05, 3.63) is 60.2 Å². The fraction of sp³-hybridized carbons (Fsp3) is 0.350. The molecule has 0 bridgehead atoms. The third-order valence-corrected chi connectivity index (χ3v) is 5.55. The molecule has 2 aromatic carbocycles. The molecule has 6 heteroatoms. The summed E-state index contributed by atoms with van der Waals surface area (Å²) < 4.78 is 27.7. The van der Waals surface area contributed by atoms with Gasteiger partial charge >= 0.3 is 0 Å². The number of rotatable bonds is 7. The molecule has 0 atom stereocenters. The van der Waals surface area contributed by atoms with Gasteiger partial charge in [0, 0.05) is 17.3 Å². The van der Waals surface area contributed by atoms with Crippen molar-refractivity contribution in [3.63, 3.8) is 0 Å². The lowest BCUT2D eigenvalue weighted by Crippen LogP contribution is -2.42. The Morgan fingerprint density at radius 1 is 0.885 bits per heavy atom. The molecule has 0 radical (unpaired) electrons. The molecule has 0 saturated heterocycles. The number of carbonyl (C=O) groups is 1. The van der Waals surface area contributed by atoms with Crippen LogP contribution in [0.5, 0.6) is 0 Å². The van der Waals surface area contributed by atoms with E-state index in [4.69, 9.17) is 0 Å². The maximum absolute atomic E-state index is 12.6. The van der Waals surface area contributed by atoms with E-state index in [-0.39, 0.29) is 28.7 Å². The summed E-state index contributed by atoms with van der Waals surface area (Å²) in [5.41, 5.74) is 0.800. The summed E-state index contributed by atoms with van der Waals surface area (Å²) in [6, 6.07) is 14.7. The van der Waals surface area contributed by atoms with Gasteiger partial charge in [-0.25, -0.2) is 8.42 Å². The van der Waals surface area contributed by atoms with E-state index in [0.29, 0.717) is 11.3 Å². The topological polar surface area (TPSA) is 75.3 Å². The summed E-state index contributed by atoms with van der Waals surface area (Å²) in [6.45, 7) is 8.20. The molecular formula is C20H26N2O3S. The van der Waals surface area contributed by atoms with Gasteiger partial charge in [-0.2, -0.15) is 0 Å². The van der Waals surface area contributed by atoms with Gasteiger partial charge in [0.25, 0.3) is 15.9 Å². The molecular weight excluding hydrogens is 348 g/mol. The third kappa shape index (κ3) is 5.08. The third-order valence-electron chi connectivity index (χ3n) is 4.17. The average Bonchev–Trinajstić information content (AvgIpc) is 2.59. The zero-order valence-electron chi connectivity index (χ0n) is 15.6. The van der Waals surface area contributed by atoms with Crippen molar-refractivity contribution >= 4 is 21.6 Å². The lowest BCUT2D eigenvalue weighted by atomic mass is 9.93. The molecule has 0 fully saturated rings. The molecule has 26 heavy (non-hydrogen) atoms. The van der Waals surface area contributed by atoms with E-state index in [0.717, 1.165) is 0 Å². The van der Waals surface area contributed by atoms with Crippen LogP contribution in [-0.2, 0) is 10.0 Å². The molecule has 0 unspecified atom stereocenters. The van der Waals surface area contributed by atoms with Crippen LogP contribution >= 0.6 is 0 Å². The predicted molar refractivity (Wildman–Crippen MR) is 105 cm³/mol. The van der Waals surface area contributed by atoms with Crippen molar-refractivity contribution < 1.29 is 13.2 Å². The number of carbonyl (C=O) groups excluding carboxylic acids is 1. The monoisotopic (exact) mass is 374 g/mol. The fourth-order valence-corrected chi connectivity index (χ4v) is 3.97. The Labute approximate surface area is 155 Å². The molecule has 0 aliphatic rings. The van der Waals surface area contributed by atoms with Crippen LogP contribution in [-0.4, -0.2) is 20.4 Å². The molecule has 0 heterocycles. The molecule has 2 aromatic rings. The standard InChI is InChI=1S/C20H26N2O3S/c1-14(2)19(15(3)4)21-20(23)16-9-8-12-18(13-16)26(24,25)22-17-10-6-5-7-11-17/h5-15,19,22H,1-4H3,(H,21,23). The Morgan fingerprint density at radius 3 is 2.08 bits per heavy atom. The van der Waals surface area contributed by atoms with Gasteiger partial charge in [-0.15, -0.1) is 0 Å². The Morgan fingerprint density at radius 2 is 1.50 bits per heavy atom. The Bertz CT molecular complexity index is 838. The second-order valence-electron chi connectivity index (χ2n) is 6.99. The number of anilines is 1. The van der Waals surface area contributed by atoms with Gasteiger partial charge in [-0.05, 0) is 42.2 Å². The molecule has 2 N–H and O–H groups in total. The smallest absolute Gasteiger partial charge is 0.261 e. The van der Waals surface area contributed by atoms with Crippen LogP contribution in [0.2, 0.25) is 0 Å². The highest BCUT2D eigenvalue weighted by molar-refractivity contribution is 7.92. The quantitative estimate of drug-likeness (QED) is 0.772. The molecule has 1 amide bonds. The molecule has 0 aliphatic heterocycles. The largest absolute Gasteiger partial charge is 0.349 e. The molecule has 0 saturated carbocycles. The minimum absolute atomic E-state index is 0.0187. The van der Waals surface area contributed by atoms with E-state index < -0.39 is 10.0 Å². The first-order chi connectivity index (χ1) is 12.2. The van der Waals surface area contributed by atoms with Gasteiger partial charge in [0.05, 0.1) is 4.90 Å². The van der Waals surface area contributed by atoms with Crippen molar-refractivity contribution in [3.8, 4) is 0 Å². The van der Waals surface area contributed by atoms with Crippen LogP contribution < -0.4 is 10.0 Å². The summed E-state index contributed by atoms with van der Waals surface area (Å²) in [7, 11) is -3.76. The van der Waals surface area contributed by atoms with Crippen molar-refractivity contribution in [1.82, 2.24) is 5.32 Å². The van der Waals surface area contributed by atoms with Crippen LogP contribution in [0.4, 0.5) is 5.69 Å². The van der Waals surface area contributed by atoms with E-state index in [1.165, 1.54) is 12.1 Å². The van der Waals surface area contributed by atoms with Crippen molar-refractivity contribution in [1.29, 1.82) is 0 Å². The normalized spacial score (nSPS) is 11.8. The first-order valence-electron chi connectivity index (χ1n) is 8.69. The number of hydrogen-bond donors (Lipinski definition) is 2. The Hall–Kier alpha value is -2.34. The number of benzene rings is 2. The Balaban J connectivity index is 2.22. The minimum atomic E-state index is -3.76. The van der Waals surface area contributed by atoms with Gasteiger partial charge < -0.3 is 5.32 Å². The van der Waals surface area contributed by atoms with Gasteiger partial charge in [0.15, 0.2) is 0 Å². The first-order valence-corrected chi connectivity index (χ1v) is 10.2. The zero-order valence-corrected chi connectivity index (χ0v) is 16.4. The first kappa shape index (κ1) is 20.0. The summed E-state index contributed by atoms with van der Waals surface area (Å²) in [5, 5.41) is 3.01. The van der Waals surface area contributed by atoms with E-state index in [1.54, 1.807) is 36.4 Å². The summed E-state index contributed by atoms with van der Waals surface area (Å²) in [6.07, 6.45) is 0. The minimum Gasteiger partial charge on any atom is -0.349 e. The second kappa shape index (κ2) is 8.36. The number of nitrogens with one attached hydrogen (secondary N) is 2. The van der Waals surface area contributed by atoms with Crippen LogP contribution in [0.15, 0.2) is 59.5 Å². The van der Waals surface area contributed by atoms with Crippen LogP contribution in [0.1, 0.15) is 38.1 Å². The molecule has 0 spiro atoms. The highest BCUT2D eigenvalue weighted by Crippen LogP contribution is 2.18. The lowest BCUT2D eigenvalue weighted by molar-refractivity contribution is 0.0910. The van der Waals surface area contributed by atoms with Crippen LogP contribution in [0.3, 0.4) is 0 Å².